The lowest BCUT2D eigenvalue weighted by Crippen LogP contribution is -2.50. The number of nitro groups is 1. The molecule has 0 radical (unpaired) electrons. The Morgan fingerprint density at radius 3 is 2.59 bits per heavy atom. The van der Waals surface area contributed by atoms with Crippen LogP contribution in [0, 0.1) is 10.1 Å². The van der Waals surface area contributed by atoms with Gasteiger partial charge in [0.15, 0.2) is 5.76 Å². The number of nitrogens with zero attached hydrogens (tertiary/aromatic N) is 2. The SMILES string of the molecule is O=C(Nc1cccc([N+](=O)[O-])c1)C1Cc2ccccc2CN1C(=O)c1ccco1. The second kappa shape index (κ2) is 7.59. The van der Waals surface area contributed by atoms with E-state index in [1.54, 1.807) is 18.2 Å². The number of furan rings is 1. The summed E-state index contributed by atoms with van der Waals surface area (Å²) in [5.74, 6) is -0.652. The molecule has 1 unspecified atom stereocenters. The number of anilines is 1. The van der Waals surface area contributed by atoms with E-state index in [-0.39, 0.29) is 23.9 Å². The van der Waals surface area contributed by atoms with E-state index in [4.69, 9.17) is 4.42 Å². The minimum atomic E-state index is -0.776. The molecule has 1 aliphatic rings. The molecule has 0 bridgehead atoms. The fourth-order valence-electron chi connectivity index (χ4n) is 3.44. The van der Waals surface area contributed by atoms with Crippen molar-refractivity contribution in [3.8, 4) is 0 Å². The molecule has 2 heterocycles. The maximum Gasteiger partial charge on any atom is 0.290 e. The van der Waals surface area contributed by atoms with Crippen molar-refractivity contribution in [1.29, 1.82) is 0 Å². The first-order valence-corrected chi connectivity index (χ1v) is 8.99. The van der Waals surface area contributed by atoms with Gasteiger partial charge in [-0.2, -0.15) is 0 Å². The molecule has 146 valence electrons. The van der Waals surface area contributed by atoms with Crippen LogP contribution in [0.1, 0.15) is 21.7 Å². The molecule has 8 nitrogen and oxygen atoms in total. The highest BCUT2D eigenvalue weighted by Gasteiger charge is 2.36. The van der Waals surface area contributed by atoms with Crippen LogP contribution >= 0.6 is 0 Å². The first kappa shape index (κ1) is 18.4. The average Bonchev–Trinajstić information content (AvgIpc) is 3.27. The van der Waals surface area contributed by atoms with Crippen molar-refractivity contribution in [3.05, 3.63) is 93.9 Å². The van der Waals surface area contributed by atoms with Crippen molar-refractivity contribution in [2.24, 2.45) is 0 Å². The smallest absolute Gasteiger partial charge is 0.290 e. The number of carbonyl (C=O) groups is 2. The number of benzene rings is 2. The highest BCUT2D eigenvalue weighted by atomic mass is 16.6. The van der Waals surface area contributed by atoms with Gasteiger partial charge in [-0.1, -0.05) is 30.3 Å². The number of nitrogens with one attached hydrogen (secondary N) is 1. The first-order valence-electron chi connectivity index (χ1n) is 8.99. The van der Waals surface area contributed by atoms with E-state index in [9.17, 15) is 19.7 Å². The third kappa shape index (κ3) is 3.73. The van der Waals surface area contributed by atoms with Gasteiger partial charge in [0.1, 0.15) is 6.04 Å². The predicted octanol–water partition coefficient (Wildman–Crippen LogP) is 3.39. The maximum atomic E-state index is 13.0. The molecule has 1 aromatic heterocycles. The average molecular weight is 391 g/mol. The molecule has 0 saturated heterocycles. The van der Waals surface area contributed by atoms with Gasteiger partial charge in [0.25, 0.3) is 11.6 Å². The fraction of sp³-hybridized carbons (Fsp3) is 0.143. The van der Waals surface area contributed by atoms with Gasteiger partial charge in [-0.25, -0.2) is 0 Å². The second-order valence-corrected chi connectivity index (χ2v) is 6.70. The van der Waals surface area contributed by atoms with Crippen LogP contribution in [0.4, 0.5) is 11.4 Å². The van der Waals surface area contributed by atoms with Gasteiger partial charge >= 0.3 is 0 Å². The molecule has 1 N–H and O–H groups in total. The molecule has 2 aromatic carbocycles. The van der Waals surface area contributed by atoms with Crippen molar-refractivity contribution in [1.82, 2.24) is 4.90 Å². The lowest BCUT2D eigenvalue weighted by atomic mass is 9.93. The van der Waals surface area contributed by atoms with Crippen LogP contribution in [0.2, 0.25) is 0 Å². The zero-order valence-corrected chi connectivity index (χ0v) is 15.3. The van der Waals surface area contributed by atoms with Crippen molar-refractivity contribution >= 4 is 23.2 Å². The molecule has 0 spiro atoms. The van der Waals surface area contributed by atoms with Crippen LogP contribution in [0.3, 0.4) is 0 Å². The van der Waals surface area contributed by atoms with Crippen LogP contribution in [0.5, 0.6) is 0 Å². The van der Waals surface area contributed by atoms with Crippen molar-refractivity contribution in [2.75, 3.05) is 5.32 Å². The number of carbonyl (C=O) groups excluding carboxylic acids is 2. The topological polar surface area (TPSA) is 106 Å². The number of hydrogen-bond donors (Lipinski definition) is 1. The summed E-state index contributed by atoms with van der Waals surface area (Å²) in [6.45, 7) is 0.267. The van der Waals surface area contributed by atoms with Gasteiger partial charge in [0.2, 0.25) is 5.91 Å². The largest absolute Gasteiger partial charge is 0.459 e. The summed E-state index contributed by atoms with van der Waals surface area (Å²) < 4.78 is 5.23. The molecule has 3 aromatic rings. The first-order chi connectivity index (χ1) is 14.0. The van der Waals surface area contributed by atoms with Crippen molar-refractivity contribution in [2.45, 2.75) is 19.0 Å². The third-order valence-corrected chi connectivity index (χ3v) is 4.87. The summed E-state index contributed by atoms with van der Waals surface area (Å²) in [5.41, 5.74) is 2.12. The summed E-state index contributed by atoms with van der Waals surface area (Å²) in [6.07, 6.45) is 1.74. The zero-order chi connectivity index (χ0) is 20.4. The van der Waals surface area contributed by atoms with Crippen LogP contribution in [-0.2, 0) is 17.8 Å². The van der Waals surface area contributed by atoms with Gasteiger partial charge in [-0.15, -0.1) is 0 Å². The normalized spacial score (nSPS) is 15.4. The van der Waals surface area contributed by atoms with Gasteiger partial charge < -0.3 is 14.6 Å². The Morgan fingerprint density at radius 1 is 1.07 bits per heavy atom. The summed E-state index contributed by atoms with van der Waals surface area (Å²) in [7, 11) is 0. The Kier molecular flexibility index (Phi) is 4.82. The summed E-state index contributed by atoms with van der Waals surface area (Å²) in [6, 6.07) is 15.7. The Hall–Kier alpha value is -3.94. The number of non-ortho nitro benzene ring substituents is 1. The van der Waals surface area contributed by atoms with E-state index in [0.29, 0.717) is 12.1 Å². The Bertz CT molecular complexity index is 1080. The van der Waals surface area contributed by atoms with E-state index in [1.165, 1.54) is 29.4 Å². The molecule has 4 rings (SSSR count). The van der Waals surface area contributed by atoms with E-state index in [0.717, 1.165) is 11.1 Å². The second-order valence-electron chi connectivity index (χ2n) is 6.70. The molecule has 29 heavy (non-hydrogen) atoms. The minimum absolute atomic E-state index is 0.125. The van der Waals surface area contributed by atoms with E-state index >= 15 is 0 Å². The molecule has 0 fully saturated rings. The Morgan fingerprint density at radius 2 is 1.86 bits per heavy atom. The summed E-state index contributed by atoms with van der Waals surface area (Å²) >= 11 is 0. The van der Waals surface area contributed by atoms with Gasteiger partial charge in [0.05, 0.1) is 11.2 Å². The monoisotopic (exact) mass is 391 g/mol. The summed E-state index contributed by atoms with van der Waals surface area (Å²) in [4.78, 5) is 37.9. The van der Waals surface area contributed by atoms with Gasteiger partial charge in [0, 0.05) is 30.8 Å². The van der Waals surface area contributed by atoms with Crippen molar-refractivity contribution in [3.63, 3.8) is 0 Å². The lowest BCUT2D eigenvalue weighted by molar-refractivity contribution is -0.384. The molecule has 2 amide bonds. The summed E-state index contributed by atoms with van der Waals surface area (Å²) in [5, 5.41) is 13.7. The highest BCUT2D eigenvalue weighted by molar-refractivity contribution is 6.00. The van der Waals surface area contributed by atoms with Crippen molar-refractivity contribution < 1.29 is 18.9 Å². The highest BCUT2D eigenvalue weighted by Crippen LogP contribution is 2.26. The number of fused-ring (bicyclic) bond motifs is 1. The van der Waals surface area contributed by atoms with E-state index in [1.807, 2.05) is 24.3 Å². The molecule has 0 aliphatic carbocycles. The quantitative estimate of drug-likeness (QED) is 0.542. The molecular formula is C21H17N3O5. The zero-order valence-electron chi connectivity index (χ0n) is 15.3. The standard InChI is InChI=1S/C21H17N3O5/c25-20(22-16-7-3-8-17(12-16)24(27)28)18-11-14-5-1-2-6-15(14)13-23(18)21(26)19-9-4-10-29-19/h1-10,12,18H,11,13H2,(H,22,25). The number of rotatable bonds is 4. The molecule has 1 atom stereocenters. The lowest BCUT2D eigenvalue weighted by Gasteiger charge is -2.35. The Labute approximate surface area is 165 Å². The van der Waals surface area contributed by atoms with Crippen LogP contribution in [0.25, 0.3) is 0 Å². The predicted molar refractivity (Wildman–Crippen MR) is 104 cm³/mol. The Balaban J connectivity index is 1.63. The van der Waals surface area contributed by atoms with Crippen LogP contribution in [0.15, 0.2) is 71.3 Å². The van der Waals surface area contributed by atoms with E-state index in [2.05, 4.69) is 5.32 Å². The third-order valence-electron chi connectivity index (χ3n) is 4.87. The molecule has 0 saturated carbocycles. The number of amides is 2. The number of nitro benzene ring substituents is 1. The fourth-order valence-corrected chi connectivity index (χ4v) is 3.44. The minimum Gasteiger partial charge on any atom is -0.459 e. The molecule has 1 aliphatic heterocycles. The van der Waals surface area contributed by atoms with Gasteiger partial charge in [-0.3, -0.25) is 19.7 Å². The van der Waals surface area contributed by atoms with Crippen LogP contribution in [-0.4, -0.2) is 27.7 Å². The maximum absolute atomic E-state index is 13.0. The molecular weight excluding hydrogens is 374 g/mol. The molecule has 8 heteroatoms. The van der Waals surface area contributed by atoms with Gasteiger partial charge in [-0.05, 0) is 29.3 Å². The van der Waals surface area contributed by atoms with E-state index < -0.39 is 16.9 Å². The number of hydrogen-bond acceptors (Lipinski definition) is 5. The van der Waals surface area contributed by atoms with Crippen LogP contribution < -0.4 is 5.32 Å².